The van der Waals surface area contributed by atoms with Crippen LogP contribution in [-0.2, 0) is 0 Å². The average Bonchev–Trinajstić information content (AvgIpc) is 3.80. The van der Waals surface area contributed by atoms with Crippen LogP contribution in [0.3, 0.4) is 0 Å². The van der Waals surface area contributed by atoms with E-state index in [9.17, 15) is 5.26 Å². The molecule has 3 heteroatoms. The number of hydrogen-bond donors (Lipinski definition) is 0. The summed E-state index contributed by atoms with van der Waals surface area (Å²) < 4.78 is 5.19. The third-order valence-corrected chi connectivity index (χ3v) is 12.6. The van der Waals surface area contributed by atoms with Crippen molar-refractivity contribution < 1.29 is 0 Å². The summed E-state index contributed by atoms with van der Waals surface area (Å²) in [6.45, 7) is 0. The molecule has 0 atom stereocenters. The molecular weight excluding hydrogens is 667 g/mol. The van der Waals surface area contributed by atoms with Crippen molar-refractivity contribution in [2.24, 2.45) is 0 Å². The van der Waals surface area contributed by atoms with Crippen molar-refractivity contribution in [3.8, 4) is 61.7 Å². The van der Waals surface area contributed by atoms with E-state index in [1.807, 2.05) is 40.9 Å². The third-order valence-electron chi connectivity index (χ3n) is 10.1. The van der Waals surface area contributed by atoms with Crippen LogP contribution in [0, 0.1) is 11.3 Å². The Hall–Kier alpha value is -6.31. The molecule has 2 heterocycles. The van der Waals surface area contributed by atoms with Crippen LogP contribution >= 0.6 is 22.7 Å². The van der Waals surface area contributed by atoms with E-state index in [0.717, 1.165) is 33.4 Å². The molecule has 52 heavy (non-hydrogen) atoms. The summed E-state index contributed by atoms with van der Waals surface area (Å²) in [5, 5.41) is 15.3. The molecule has 0 spiro atoms. The van der Waals surface area contributed by atoms with Gasteiger partial charge in [0.2, 0.25) is 0 Å². The topological polar surface area (TPSA) is 23.8 Å². The number of nitriles is 1. The molecular formula is C49H29NS2. The first kappa shape index (κ1) is 30.5. The van der Waals surface area contributed by atoms with Gasteiger partial charge in [0, 0.05) is 45.9 Å². The molecule has 2 aromatic heterocycles. The van der Waals surface area contributed by atoms with Gasteiger partial charge in [-0.05, 0) is 92.5 Å². The van der Waals surface area contributed by atoms with Crippen LogP contribution in [0.1, 0.15) is 5.56 Å². The molecule has 0 unspecified atom stereocenters. The minimum Gasteiger partial charge on any atom is -0.192 e. The van der Waals surface area contributed by atoms with Crippen LogP contribution in [0.4, 0.5) is 0 Å². The Labute approximate surface area is 309 Å². The molecule has 0 radical (unpaired) electrons. The number of rotatable bonds is 5. The maximum absolute atomic E-state index is 10.2. The highest BCUT2D eigenvalue weighted by Gasteiger charge is 2.19. The first-order valence-electron chi connectivity index (χ1n) is 17.4. The highest BCUT2D eigenvalue weighted by atomic mass is 32.1. The van der Waals surface area contributed by atoms with Gasteiger partial charge >= 0.3 is 0 Å². The van der Waals surface area contributed by atoms with E-state index < -0.39 is 0 Å². The molecule has 0 aliphatic heterocycles. The molecule has 0 bridgehead atoms. The first-order valence-corrected chi connectivity index (χ1v) is 19.0. The lowest BCUT2D eigenvalue weighted by Gasteiger charge is -2.17. The molecule has 0 aliphatic carbocycles. The third kappa shape index (κ3) is 5.04. The van der Waals surface area contributed by atoms with Crippen molar-refractivity contribution in [1.29, 1.82) is 5.26 Å². The predicted octanol–water partition coefficient (Wildman–Crippen LogP) is 14.6. The quantitative estimate of drug-likeness (QED) is 0.176. The van der Waals surface area contributed by atoms with E-state index in [1.165, 1.54) is 62.6 Å². The Morgan fingerprint density at radius 1 is 0.327 bits per heavy atom. The second kappa shape index (κ2) is 12.5. The van der Waals surface area contributed by atoms with Crippen LogP contribution in [0.25, 0.3) is 96.0 Å². The van der Waals surface area contributed by atoms with E-state index >= 15 is 0 Å². The molecule has 1 nitrogen and oxygen atoms in total. The van der Waals surface area contributed by atoms with Gasteiger partial charge in [0.25, 0.3) is 0 Å². The first-order chi connectivity index (χ1) is 25.7. The van der Waals surface area contributed by atoms with Crippen molar-refractivity contribution in [3.05, 3.63) is 181 Å². The monoisotopic (exact) mass is 695 g/mol. The lowest BCUT2D eigenvalue weighted by Crippen LogP contribution is -1.92. The van der Waals surface area contributed by atoms with Gasteiger partial charge in [0.15, 0.2) is 0 Å². The summed E-state index contributed by atoms with van der Waals surface area (Å²) in [6.07, 6.45) is 0. The maximum Gasteiger partial charge on any atom is 0.0998 e. The second-order valence-corrected chi connectivity index (χ2v) is 15.2. The molecule has 8 aromatic carbocycles. The van der Waals surface area contributed by atoms with Gasteiger partial charge in [-0.3, -0.25) is 0 Å². The lowest BCUT2D eigenvalue weighted by molar-refractivity contribution is 1.47. The van der Waals surface area contributed by atoms with Crippen molar-refractivity contribution in [3.63, 3.8) is 0 Å². The molecule has 0 saturated carbocycles. The summed E-state index contributed by atoms with van der Waals surface area (Å²) in [4.78, 5) is 0. The van der Waals surface area contributed by atoms with Crippen LogP contribution in [-0.4, -0.2) is 0 Å². The molecule has 242 valence electrons. The Balaban J connectivity index is 1.28. The van der Waals surface area contributed by atoms with Crippen molar-refractivity contribution >= 4 is 63.0 Å². The van der Waals surface area contributed by atoms with Gasteiger partial charge in [0.05, 0.1) is 11.6 Å². The van der Waals surface area contributed by atoms with E-state index in [0.29, 0.717) is 5.56 Å². The molecule has 0 aliphatic rings. The Kier molecular flexibility index (Phi) is 7.32. The van der Waals surface area contributed by atoms with E-state index in [2.05, 4.69) is 164 Å². The summed E-state index contributed by atoms with van der Waals surface area (Å²) >= 11 is 3.73. The molecule has 0 saturated heterocycles. The van der Waals surface area contributed by atoms with Crippen LogP contribution in [0.2, 0.25) is 0 Å². The number of nitrogens with zero attached hydrogens (tertiary/aromatic N) is 1. The largest absolute Gasteiger partial charge is 0.192 e. The molecule has 0 amide bonds. The number of benzene rings is 8. The summed E-state index contributed by atoms with van der Waals surface area (Å²) in [5.74, 6) is 0. The van der Waals surface area contributed by atoms with Crippen molar-refractivity contribution in [2.45, 2.75) is 0 Å². The van der Waals surface area contributed by atoms with Crippen LogP contribution < -0.4 is 0 Å². The zero-order valence-corrected chi connectivity index (χ0v) is 29.6. The number of thiophene rings is 2. The summed E-state index contributed by atoms with van der Waals surface area (Å²) in [7, 11) is 0. The van der Waals surface area contributed by atoms with E-state index in [1.54, 1.807) is 0 Å². The minimum absolute atomic E-state index is 0.666. The highest BCUT2D eigenvalue weighted by molar-refractivity contribution is 7.26. The molecule has 10 rings (SSSR count). The zero-order valence-electron chi connectivity index (χ0n) is 28.0. The average molecular weight is 696 g/mol. The smallest absolute Gasteiger partial charge is 0.0998 e. The van der Waals surface area contributed by atoms with Gasteiger partial charge in [0.1, 0.15) is 0 Å². The fraction of sp³-hybridized carbons (Fsp3) is 0. The fourth-order valence-electron chi connectivity index (χ4n) is 7.69. The van der Waals surface area contributed by atoms with E-state index in [4.69, 9.17) is 0 Å². The van der Waals surface area contributed by atoms with Gasteiger partial charge in [-0.1, -0.05) is 133 Å². The molecule has 0 N–H and O–H groups in total. The predicted molar refractivity (Wildman–Crippen MR) is 224 cm³/mol. The zero-order chi connectivity index (χ0) is 34.6. The Morgan fingerprint density at radius 2 is 0.865 bits per heavy atom. The summed E-state index contributed by atoms with van der Waals surface area (Å²) in [5.41, 5.74) is 12.0. The standard InChI is InChI=1S/C49H29NS2/c50-30-33-14-4-5-15-37(33)35-26-34(31-12-2-1-3-13-31)27-36(28-35)45-29-32(38-18-10-20-43-40-16-6-8-22-46(40)51-48(38)43)24-25-39(45)42-19-11-21-44-41-17-7-9-23-47(41)52-49(42)44/h1-29H. The summed E-state index contributed by atoms with van der Waals surface area (Å²) in [6, 6.07) is 65.6. The number of hydrogen-bond acceptors (Lipinski definition) is 3. The Morgan fingerprint density at radius 3 is 1.58 bits per heavy atom. The number of fused-ring (bicyclic) bond motifs is 6. The highest BCUT2D eigenvalue weighted by Crippen LogP contribution is 2.47. The Bertz CT molecular complexity index is 3030. The molecule has 0 fully saturated rings. The van der Waals surface area contributed by atoms with Gasteiger partial charge in [-0.15, -0.1) is 22.7 Å². The van der Waals surface area contributed by atoms with E-state index in [-0.39, 0.29) is 0 Å². The molecule has 10 aromatic rings. The van der Waals surface area contributed by atoms with Gasteiger partial charge in [-0.2, -0.15) is 5.26 Å². The van der Waals surface area contributed by atoms with Crippen molar-refractivity contribution in [2.75, 3.05) is 0 Å². The maximum atomic E-state index is 10.2. The van der Waals surface area contributed by atoms with Crippen LogP contribution in [0.5, 0.6) is 0 Å². The van der Waals surface area contributed by atoms with Crippen LogP contribution in [0.15, 0.2) is 176 Å². The van der Waals surface area contributed by atoms with Gasteiger partial charge in [-0.25, -0.2) is 0 Å². The lowest BCUT2D eigenvalue weighted by atomic mass is 9.87. The van der Waals surface area contributed by atoms with Gasteiger partial charge < -0.3 is 0 Å². The minimum atomic E-state index is 0.666. The second-order valence-electron chi connectivity index (χ2n) is 13.1. The SMILES string of the molecule is N#Cc1ccccc1-c1cc(-c2ccccc2)cc(-c2cc(-c3cccc4c3sc3ccccc34)ccc2-c2cccc3c2sc2ccccc23)c1. The fourth-order valence-corrected chi connectivity index (χ4v) is 10.2. The van der Waals surface area contributed by atoms with Crippen molar-refractivity contribution in [1.82, 2.24) is 0 Å². The normalized spacial score (nSPS) is 11.4.